The number of benzene rings is 1. The number of nitrogens with one attached hydrogen (secondary N) is 3. The van der Waals surface area contributed by atoms with Gasteiger partial charge in [0, 0.05) is 18.0 Å². The van der Waals surface area contributed by atoms with Gasteiger partial charge in [-0.1, -0.05) is 52.8 Å². The van der Waals surface area contributed by atoms with Gasteiger partial charge in [-0.3, -0.25) is 33.8 Å². The summed E-state index contributed by atoms with van der Waals surface area (Å²) < 4.78 is 47.9. The van der Waals surface area contributed by atoms with Gasteiger partial charge in [-0.15, -0.1) is 0 Å². The summed E-state index contributed by atoms with van der Waals surface area (Å²) in [5.41, 5.74) is 0.108. The molecule has 7 rings (SSSR count). The molecule has 1 fully saturated rings. The van der Waals surface area contributed by atoms with E-state index >= 15 is 0 Å². The van der Waals surface area contributed by atoms with Crippen molar-refractivity contribution in [2.45, 2.75) is 96.9 Å². The fraction of sp³-hybridized carbons (Fsp3) is 0.500. The van der Waals surface area contributed by atoms with Crippen molar-refractivity contribution in [1.29, 1.82) is 5.26 Å². The molecule has 0 aliphatic carbocycles. The Kier molecular flexibility index (Phi) is 14.6. The van der Waals surface area contributed by atoms with E-state index in [-0.39, 0.29) is 83.7 Å². The highest BCUT2D eigenvalue weighted by atomic mass is 32.5. The second kappa shape index (κ2) is 19.5. The normalized spacial score (nSPS) is 24.6. The van der Waals surface area contributed by atoms with E-state index in [4.69, 9.17) is 55.4 Å². The predicted molar refractivity (Wildman–Crippen MR) is 246 cm³/mol. The van der Waals surface area contributed by atoms with Crippen LogP contribution in [0.5, 0.6) is 0 Å². The SMILES string of the molecule is CC(C)C(=O)Nc1nc2c(nc3n2CCOP(=S)(OCCC#N)OC[C@H]2O[C@@H](n4cnc5c(NC(=O)c6ccccc6)ncnc54)[C@H](OP(O)(=S)OC3)[C@@H]2O[Si](C)(C)C(C)(C)C)c(=O)[nH]1. The number of aromatic amines is 1. The molecule has 2 unspecified atom stereocenters. The first-order valence-corrected chi connectivity index (χ1v) is 28.5. The summed E-state index contributed by atoms with van der Waals surface area (Å²) in [5, 5.41) is 14.4. The van der Waals surface area contributed by atoms with Crippen molar-refractivity contribution < 1.29 is 46.3 Å². The number of nitrogens with zero attached hydrogens (tertiary/aromatic N) is 8. The van der Waals surface area contributed by atoms with Gasteiger partial charge in [0.25, 0.3) is 11.5 Å². The quantitative estimate of drug-likeness (QED) is 0.0773. The average Bonchev–Trinajstić information content (AvgIpc) is 3.93. The first kappa shape index (κ1) is 48.7. The number of aromatic nitrogens is 8. The first-order chi connectivity index (χ1) is 30.7. The number of fused-ring (bicyclic) bond motifs is 6. The number of ether oxygens (including phenoxy) is 1. The number of nitriles is 1. The summed E-state index contributed by atoms with van der Waals surface area (Å²) in [4.78, 5) is 76.0. The van der Waals surface area contributed by atoms with Crippen LogP contribution in [0.4, 0.5) is 11.8 Å². The monoisotopic (exact) mass is 989 g/mol. The largest absolute Gasteiger partial charge is 0.408 e. The Labute approximate surface area is 384 Å². The van der Waals surface area contributed by atoms with Gasteiger partial charge in [0.05, 0.1) is 38.6 Å². The lowest BCUT2D eigenvalue weighted by Gasteiger charge is -2.41. The number of hydrogen-bond donors (Lipinski definition) is 4. The molecular formula is C38H49N11O11P2S2Si. The molecule has 4 N–H and O–H groups in total. The maximum atomic E-state index is 13.4. The van der Waals surface area contributed by atoms with Gasteiger partial charge in [-0.25, -0.2) is 19.9 Å². The molecule has 6 heterocycles. The summed E-state index contributed by atoms with van der Waals surface area (Å²) in [6, 6.07) is 10.6. The molecule has 2 aliphatic rings. The van der Waals surface area contributed by atoms with Crippen molar-refractivity contribution >= 4 is 91.3 Å². The van der Waals surface area contributed by atoms with Gasteiger partial charge < -0.3 is 42.0 Å². The third-order valence-corrected chi connectivity index (χ3v) is 19.3. The number of rotatable bonds is 10. The molecule has 348 valence electrons. The van der Waals surface area contributed by atoms with E-state index < -0.39 is 70.3 Å². The number of hydrogen-bond acceptors (Lipinski definition) is 18. The standard InChI is InChI=1S/C38H49N11O11P2S2Si/c1-22(2)33(50)46-37-45-32-27(35(52)47-37)43-25-19-56-61(53,63)59-29-28(60-65(6,7)38(3,4)5)24(18-57-62(64,54-16-11-14-39)55-17-15-48(25)32)58-36(29)49-21-42-26-30(40-20-41-31(26)49)44-34(51)23-12-9-8-10-13-23/h8-10,12-13,20-22,24,28-29,36H,11,15-19H2,1-7H3,(H,53,63)(H,40,41,44,51)(H2,45,46,47,50,52)/t24-,28-,29-,36-,61?,62?/m1/s1. The molecule has 1 saturated heterocycles. The molecule has 22 nitrogen and oxygen atoms in total. The Hall–Kier alpha value is -4.25. The van der Waals surface area contributed by atoms with E-state index in [2.05, 4.69) is 61.3 Å². The zero-order valence-electron chi connectivity index (χ0n) is 36.5. The van der Waals surface area contributed by atoms with Gasteiger partial charge in [0.2, 0.25) is 11.9 Å². The number of imidazole rings is 2. The fourth-order valence-electron chi connectivity index (χ4n) is 6.50. The predicted octanol–water partition coefficient (Wildman–Crippen LogP) is 5.41. The summed E-state index contributed by atoms with van der Waals surface area (Å²) in [5.74, 6) is -1.15. The fourth-order valence-corrected chi connectivity index (χ4v) is 11.0. The third kappa shape index (κ3) is 11.0. The zero-order chi connectivity index (χ0) is 46.9. The maximum Gasteiger partial charge on any atom is 0.327 e. The Morgan fingerprint density at radius 1 is 1.08 bits per heavy atom. The lowest BCUT2D eigenvalue weighted by Crippen LogP contribution is -2.50. The molecule has 2 amide bonds. The topological polar surface area (TPSA) is 274 Å². The van der Waals surface area contributed by atoms with Crippen molar-refractivity contribution in [3.63, 3.8) is 0 Å². The molecule has 4 aromatic heterocycles. The van der Waals surface area contributed by atoms with E-state index in [1.54, 1.807) is 48.7 Å². The van der Waals surface area contributed by atoms with Crippen molar-refractivity contribution in [1.82, 2.24) is 39.0 Å². The second-order valence-electron chi connectivity index (χ2n) is 16.8. The van der Waals surface area contributed by atoms with Crippen LogP contribution in [0.2, 0.25) is 18.1 Å². The Bertz CT molecular complexity index is 2780. The van der Waals surface area contributed by atoms with E-state index in [0.717, 1.165) is 0 Å². The van der Waals surface area contributed by atoms with Crippen LogP contribution in [0.25, 0.3) is 22.3 Å². The minimum atomic E-state index is -4.31. The van der Waals surface area contributed by atoms with Crippen LogP contribution in [0, 0.1) is 17.2 Å². The van der Waals surface area contributed by atoms with Gasteiger partial charge in [0.15, 0.2) is 42.7 Å². The lowest BCUT2D eigenvalue weighted by molar-refractivity contribution is -0.118. The smallest absolute Gasteiger partial charge is 0.327 e. The molecule has 0 radical (unpaired) electrons. The maximum absolute atomic E-state index is 13.4. The van der Waals surface area contributed by atoms with Crippen molar-refractivity contribution in [2.24, 2.45) is 5.92 Å². The number of carbonyl (C=O) groups excluding carboxylic acids is 2. The van der Waals surface area contributed by atoms with Gasteiger partial charge in [-0.05, 0) is 53.9 Å². The highest BCUT2D eigenvalue weighted by Gasteiger charge is 2.54. The molecule has 6 atom stereocenters. The Balaban J connectivity index is 1.32. The summed E-state index contributed by atoms with van der Waals surface area (Å²) in [6.07, 6.45) is -1.78. The molecule has 0 spiro atoms. The van der Waals surface area contributed by atoms with Crippen LogP contribution in [-0.2, 0) is 73.3 Å². The van der Waals surface area contributed by atoms with Gasteiger partial charge in [-0.2, -0.15) is 10.2 Å². The minimum absolute atomic E-state index is 0.0180. The number of H-pyrrole nitrogens is 1. The lowest BCUT2D eigenvalue weighted by atomic mass is 10.1. The van der Waals surface area contributed by atoms with Crippen LogP contribution in [-0.4, -0.2) is 102 Å². The van der Waals surface area contributed by atoms with Gasteiger partial charge in [0.1, 0.15) is 37.1 Å². The van der Waals surface area contributed by atoms with Crippen LogP contribution < -0.4 is 16.2 Å². The van der Waals surface area contributed by atoms with Crippen LogP contribution in [0.3, 0.4) is 0 Å². The van der Waals surface area contributed by atoms with Crippen molar-refractivity contribution in [3.8, 4) is 6.07 Å². The Morgan fingerprint density at radius 2 is 1.83 bits per heavy atom. The summed E-state index contributed by atoms with van der Waals surface area (Å²) in [6.45, 7) is 4.46. The van der Waals surface area contributed by atoms with E-state index in [9.17, 15) is 24.5 Å². The molecule has 2 bridgehead atoms. The molecule has 27 heteroatoms. The zero-order valence-corrected chi connectivity index (χ0v) is 40.9. The first-order valence-electron chi connectivity index (χ1n) is 20.4. The average molecular weight is 990 g/mol. The highest BCUT2D eigenvalue weighted by Crippen LogP contribution is 2.54. The number of amides is 2. The van der Waals surface area contributed by atoms with Crippen LogP contribution >= 0.6 is 13.4 Å². The molecule has 65 heavy (non-hydrogen) atoms. The summed E-state index contributed by atoms with van der Waals surface area (Å²) >= 11 is 11.6. The van der Waals surface area contributed by atoms with E-state index in [1.807, 2.05) is 19.2 Å². The second-order valence-corrected chi connectivity index (χ2v) is 27.4. The summed E-state index contributed by atoms with van der Waals surface area (Å²) in [7, 11) is -2.73. The minimum Gasteiger partial charge on any atom is -0.408 e. The molecule has 5 aromatic rings. The molecule has 0 saturated carbocycles. The van der Waals surface area contributed by atoms with Gasteiger partial charge >= 0.3 is 13.4 Å². The molecular weight excluding hydrogens is 941 g/mol. The van der Waals surface area contributed by atoms with Crippen LogP contribution in [0.1, 0.15) is 63.4 Å². The Morgan fingerprint density at radius 3 is 2.54 bits per heavy atom. The van der Waals surface area contributed by atoms with Crippen molar-refractivity contribution in [3.05, 3.63) is 64.7 Å². The van der Waals surface area contributed by atoms with Crippen molar-refractivity contribution in [2.75, 3.05) is 30.5 Å². The number of anilines is 2. The third-order valence-electron chi connectivity index (χ3n) is 10.9. The number of carbonyl (C=O) groups is 2. The van der Waals surface area contributed by atoms with Crippen LogP contribution in [0.15, 0.2) is 47.8 Å². The van der Waals surface area contributed by atoms with E-state index in [1.165, 1.54) is 17.2 Å². The van der Waals surface area contributed by atoms with E-state index in [0.29, 0.717) is 5.56 Å². The highest BCUT2D eigenvalue weighted by molar-refractivity contribution is 8.07. The molecule has 1 aromatic carbocycles. The molecule has 2 aliphatic heterocycles.